The van der Waals surface area contributed by atoms with Crippen LogP contribution in [0.4, 0.5) is 0 Å². The molecule has 1 fully saturated rings. The Balaban J connectivity index is 1.95. The Morgan fingerprint density at radius 2 is 1.92 bits per heavy atom. The number of carbonyl (C=O) groups is 1. The zero-order valence-corrected chi connectivity index (χ0v) is 16.9. The van der Waals surface area contributed by atoms with Crippen molar-refractivity contribution in [2.45, 2.75) is 43.9 Å². The zero-order chi connectivity index (χ0) is 19.0. The Morgan fingerprint density at radius 3 is 2.58 bits per heavy atom. The summed E-state index contributed by atoms with van der Waals surface area (Å²) in [6, 6.07) is 4.46. The monoisotopic (exact) mass is 401 g/mol. The first kappa shape index (κ1) is 21.4. The number of unbranched alkanes of at least 4 members (excludes halogenated alkanes) is 3. The van der Waals surface area contributed by atoms with Crippen molar-refractivity contribution in [1.82, 2.24) is 4.90 Å². The number of ketones is 1. The van der Waals surface area contributed by atoms with Crippen molar-refractivity contribution >= 4 is 27.2 Å². The molecule has 0 N–H and O–H groups in total. The third-order valence-corrected chi connectivity index (χ3v) is 6.74. The van der Waals surface area contributed by atoms with Crippen LogP contribution in [0.15, 0.2) is 23.1 Å². The minimum Gasteiger partial charge on any atom is -0.379 e. The summed E-state index contributed by atoms with van der Waals surface area (Å²) in [5.41, 5.74) is 0.393. The van der Waals surface area contributed by atoms with Gasteiger partial charge in [0.05, 0.1) is 28.9 Å². The standard InChI is InChI=1S/C19H28ClNO4S/c1-2-3-4-5-14-26(23,24)16-6-7-17(18(20)15-16)19(22)8-9-21-10-12-25-13-11-21/h6-7,15H,2-5,8-14H2,1H3. The quantitative estimate of drug-likeness (QED) is 0.442. The molecule has 26 heavy (non-hydrogen) atoms. The number of Topliss-reactive ketones (excluding diaryl/α,β-unsaturated/α-hetero) is 1. The van der Waals surface area contributed by atoms with Crippen LogP contribution < -0.4 is 0 Å². The van der Waals surface area contributed by atoms with Crippen molar-refractivity contribution in [1.29, 1.82) is 0 Å². The third kappa shape index (κ3) is 6.34. The Labute approximate surface area is 161 Å². The van der Waals surface area contributed by atoms with E-state index in [4.69, 9.17) is 16.3 Å². The fourth-order valence-electron chi connectivity index (χ4n) is 2.97. The smallest absolute Gasteiger partial charge is 0.178 e. The maximum atomic E-state index is 12.4. The molecule has 146 valence electrons. The molecule has 0 amide bonds. The van der Waals surface area contributed by atoms with Crippen LogP contribution in [0.25, 0.3) is 0 Å². The number of nitrogens with zero attached hydrogens (tertiary/aromatic N) is 1. The molecule has 1 heterocycles. The molecule has 1 aliphatic heterocycles. The predicted octanol–water partition coefficient (Wildman–Crippen LogP) is 3.60. The lowest BCUT2D eigenvalue weighted by Crippen LogP contribution is -2.37. The zero-order valence-electron chi connectivity index (χ0n) is 15.4. The number of carbonyl (C=O) groups excluding carboxylic acids is 1. The summed E-state index contributed by atoms with van der Waals surface area (Å²) in [6.07, 6.45) is 4.01. The number of ether oxygens (including phenoxy) is 1. The second-order valence-corrected chi connectivity index (χ2v) is 9.16. The van der Waals surface area contributed by atoms with E-state index in [0.717, 1.165) is 32.4 Å². The SMILES string of the molecule is CCCCCCS(=O)(=O)c1ccc(C(=O)CCN2CCOCC2)c(Cl)c1. The molecule has 7 heteroatoms. The van der Waals surface area contributed by atoms with E-state index in [2.05, 4.69) is 11.8 Å². The van der Waals surface area contributed by atoms with Crippen LogP contribution in [0.2, 0.25) is 5.02 Å². The number of halogens is 1. The number of hydrogen-bond donors (Lipinski definition) is 0. The van der Waals surface area contributed by atoms with E-state index < -0.39 is 9.84 Å². The Bertz CT molecular complexity index is 699. The number of rotatable bonds is 10. The van der Waals surface area contributed by atoms with Crippen molar-refractivity contribution in [3.63, 3.8) is 0 Å². The van der Waals surface area contributed by atoms with E-state index >= 15 is 0 Å². The summed E-state index contributed by atoms with van der Waals surface area (Å²) in [5, 5.41) is 0.214. The molecule has 0 radical (unpaired) electrons. The average molecular weight is 402 g/mol. The number of morpholine rings is 1. The van der Waals surface area contributed by atoms with Crippen LogP contribution in [0.5, 0.6) is 0 Å². The molecule has 0 spiro atoms. The highest BCUT2D eigenvalue weighted by atomic mass is 35.5. The molecule has 0 aromatic heterocycles. The summed E-state index contributed by atoms with van der Waals surface area (Å²) in [4.78, 5) is 14.8. The lowest BCUT2D eigenvalue weighted by atomic mass is 10.1. The van der Waals surface area contributed by atoms with E-state index in [1.807, 2.05) is 0 Å². The second kappa shape index (κ2) is 10.4. The maximum Gasteiger partial charge on any atom is 0.178 e. The molecule has 1 aromatic rings. The minimum atomic E-state index is -3.35. The molecular weight excluding hydrogens is 374 g/mol. The van der Waals surface area contributed by atoms with Crippen molar-refractivity contribution in [3.8, 4) is 0 Å². The molecule has 0 saturated carbocycles. The van der Waals surface area contributed by atoms with Crippen LogP contribution in [0.3, 0.4) is 0 Å². The van der Waals surface area contributed by atoms with Gasteiger partial charge in [-0.15, -0.1) is 0 Å². The Hall–Kier alpha value is -0.950. The second-order valence-electron chi connectivity index (χ2n) is 6.65. The molecule has 2 rings (SSSR count). The van der Waals surface area contributed by atoms with E-state index in [1.165, 1.54) is 12.1 Å². The lowest BCUT2D eigenvalue weighted by molar-refractivity contribution is 0.0370. The first-order valence-electron chi connectivity index (χ1n) is 9.29. The van der Waals surface area contributed by atoms with Crippen molar-refractivity contribution in [2.75, 3.05) is 38.6 Å². The molecule has 1 aromatic carbocycles. The fraction of sp³-hybridized carbons (Fsp3) is 0.632. The van der Waals surface area contributed by atoms with Crippen LogP contribution in [0.1, 0.15) is 49.4 Å². The van der Waals surface area contributed by atoms with E-state index in [9.17, 15) is 13.2 Å². The van der Waals surface area contributed by atoms with Gasteiger partial charge in [0.2, 0.25) is 0 Å². The van der Waals surface area contributed by atoms with Crippen molar-refractivity contribution in [2.24, 2.45) is 0 Å². The Morgan fingerprint density at radius 1 is 1.19 bits per heavy atom. The maximum absolute atomic E-state index is 12.4. The molecular formula is C19H28ClNO4S. The lowest BCUT2D eigenvalue weighted by Gasteiger charge is -2.26. The van der Waals surface area contributed by atoms with Gasteiger partial charge in [-0.2, -0.15) is 0 Å². The molecule has 0 bridgehead atoms. The van der Waals surface area contributed by atoms with Gasteiger partial charge in [-0.05, 0) is 24.6 Å². The molecule has 0 atom stereocenters. The molecule has 5 nitrogen and oxygen atoms in total. The van der Waals surface area contributed by atoms with Gasteiger partial charge >= 0.3 is 0 Å². The highest BCUT2D eigenvalue weighted by Crippen LogP contribution is 2.24. The summed E-state index contributed by atoms with van der Waals surface area (Å²) < 4.78 is 30.1. The van der Waals surface area contributed by atoms with Gasteiger partial charge in [0, 0.05) is 31.6 Å². The highest BCUT2D eigenvalue weighted by Gasteiger charge is 2.19. The van der Waals surface area contributed by atoms with E-state index in [0.29, 0.717) is 38.2 Å². The molecule has 1 saturated heterocycles. The third-order valence-electron chi connectivity index (χ3n) is 4.63. The van der Waals surface area contributed by atoms with Crippen LogP contribution in [-0.2, 0) is 14.6 Å². The summed E-state index contributed by atoms with van der Waals surface area (Å²) in [5.74, 6) is 0.0570. The van der Waals surface area contributed by atoms with E-state index in [1.54, 1.807) is 6.07 Å². The van der Waals surface area contributed by atoms with Crippen molar-refractivity contribution < 1.29 is 17.9 Å². The summed E-state index contributed by atoms with van der Waals surface area (Å²) in [7, 11) is -3.35. The topological polar surface area (TPSA) is 63.7 Å². The van der Waals surface area contributed by atoms with E-state index in [-0.39, 0.29) is 21.5 Å². The van der Waals surface area contributed by atoms with Gasteiger partial charge in [0.25, 0.3) is 0 Å². The molecule has 0 unspecified atom stereocenters. The van der Waals surface area contributed by atoms with Gasteiger partial charge < -0.3 is 4.74 Å². The van der Waals surface area contributed by atoms with Gasteiger partial charge in [-0.1, -0.05) is 37.8 Å². The first-order valence-corrected chi connectivity index (χ1v) is 11.3. The highest BCUT2D eigenvalue weighted by molar-refractivity contribution is 7.91. The first-order chi connectivity index (χ1) is 12.4. The van der Waals surface area contributed by atoms with Gasteiger partial charge in [0.1, 0.15) is 0 Å². The summed E-state index contributed by atoms with van der Waals surface area (Å²) in [6.45, 7) is 5.80. The van der Waals surface area contributed by atoms with Crippen LogP contribution >= 0.6 is 11.6 Å². The van der Waals surface area contributed by atoms with Gasteiger partial charge in [-0.25, -0.2) is 8.42 Å². The number of hydrogen-bond acceptors (Lipinski definition) is 5. The van der Waals surface area contributed by atoms with Gasteiger partial charge in [-0.3, -0.25) is 9.69 Å². The largest absolute Gasteiger partial charge is 0.379 e. The predicted molar refractivity (Wildman–Crippen MR) is 104 cm³/mol. The minimum absolute atomic E-state index is 0.0617. The number of benzene rings is 1. The van der Waals surface area contributed by atoms with Crippen molar-refractivity contribution in [3.05, 3.63) is 28.8 Å². The average Bonchev–Trinajstić information content (AvgIpc) is 2.64. The van der Waals surface area contributed by atoms with Crippen LogP contribution in [0, 0.1) is 0 Å². The number of sulfone groups is 1. The molecule has 1 aliphatic rings. The van der Waals surface area contributed by atoms with Gasteiger partial charge in [0.15, 0.2) is 15.6 Å². The summed E-state index contributed by atoms with van der Waals surface area (Å²) >= 11 is 6.22. The Kier molecular flexibility index (Phi) is 8.54. The fourth-order valence-corrected chi connectivity index (χ4v) is 4.71. The normalized spacial score (nSPS) is 15.9. The molecule has 0 aliphatic carbocycles. The van der Waals surface area contributed by atoms with Crippen LogP contribution in [-0.4, -0.2) is 57.7 Å².